The molecule has 1 saturated heterocycles. The Morgan fingerprint density at radius 1 is 1.16 bits per heavy atom. The van der Waals surface area contributed by atoms with E-state index in [0.29, 0.717) is 29.7 Å². The van der Waals surface area contributed by atoms with Crippen LogP contribution in [0.15, 0.2) is 55.0 Å². The van der Waals surface area contributed by atoms with E-state index in [1.54, 1.807) is 47.8 Å². The lowest BCUT2D eigenvalue weighted by Crippen LogP contribution is -2.39. The van der Waals surface area contributed by atoms with Gasteiger partial charge in [-0.25, -0.2) is 13.9 Å². The molecule has 3 heterocycles. The van der Waals surface area contributed by atoms with Gasteiger partial charge in [0.25, 0.3) is 0 Å². The molecule has 0 radical (unpaired) electrons. The van der Waals surface area contributed by atoms with Gasteiger partial charge in [-0.05, 0) is 49.8 Å². The van der Waals surface area contributed by atoms with E-state index in [9.17, 15) is 9.18 Å². The lowest BCUT2D eigenvalue weighted by Gasteiger charge is -2.35. The topological polar surface area (TPSA) is 85.2 Å². The number of carbonyl (C=O) groups is 1. The van der Waals surface area contributed by atoms with Crippen molar-refractivity contribution in [2.75, 3.05) is 23.3 Å². The number of anilines is 2. The summed E-state index contributed by atoms with van der Waals surface area (Å²) in [6.07, 6.45) is 8.14. The number of rotatable bonds is 5. The first-order valence-electron chi connectivity index (χ1n) is 10.4. The minimum atomic E-state index is -0.427. The number of halogens is 1. The molecule has 31 heavy (non-hydrogen) atoms. The molecule has 1 saturated carbocycles. The van der Waals surface area contributed by atoms with Crippen LogP contribution in [-0.4, -0.2) is 44.8 Å². The number of hydrogen-bond acceptors (Lipinski definition) is 6. The second kappa shape index (κ2) is 7.98. The maximum atomic E-state index is 13.9. The maximum Gasteiger partial charge on any atom is 0.415 e. The summed E-state index contributed by atoms with van der Waals surface area (Å²) in [5.41, 5.74) is 0.710. The lowest BCUT2D eigenvalue weighted by atomic mass is 9.78. The summed E-state index contributed by atoms with van der Waals surface area (Å²) < 4.78 is 21.3. The maximum absolute atomic E-state index is 13.9. The number of carbonyl (C=O) groups excluding carboxylic acids is 1. The van der Waals surface area contributed by atoms with Gasteiger partial charge in [-0.15, -0.1) is 0 Å². The zero-order valence-electron chi connectivity index (χ0n) is 16.9. The number of para-hydroxylation sites is 1. The summed E-state index contributed by atoms with van der Waals surface area (Å²) in [6.45, 7) is 1.32. The predicted octanol–water partition coefficient (Wildman–Crippen LogP) is 3.80. The van der Waals surface area contributed by atoms with Crippen LogP contribution in [0.3, 0.4) is 0 Å². The van der Waals surface area contributed by atoms with Crippen LogP contribution in [0, 0.1) is 11.7 Å². The Bertz CT molecular complexity index is 1060. The number of amides is 1. The molecule has 1 aliphatic heterocycles. The highest BCUT2D eigenvalue weighted by atomic mass is 19.1. The van der Waals surface area contributed by atoms with E-state index in [2.05, 4.69) is 20.6 Å². The molecule has 1 amide bonds. The van der Waals surface area contributed by atoms with Crippen LogP contribution in [0.2, 0.25) is 0 Å². The molecule has 160 valence electrons. The molecular weight excluding hydrogens is 399 g/mol. The Balaban J connectivity index is 1.15. The van der Waals surface area contributed by atoms with Crippen molar-refractivity contribution in [2.24, 2.45) is 5.92 Å². The van der Waals surface area contributed by atoms with Crippen LogP contribution in [-0.2, 0) is 4.74 Å². The van der Waals surface area contributed by atoms with E-state index in [-0.39, 0.29) is 11.9 Å². The van der Waals surface area contributed by atoms with Crippen molar-refractivity contribution in [3.63, 3.8) is 0 Å². The Morgan fingerprint density at radius 2 is 2.00 bits per heavy atom. The van der Waals surface area contributed by atoms with Gasteiger partial charge < -0.3 is 10.1 Å². The molecule has 0 bridgehead atoms. The van der Waals surface area contributed by atoms with Gasteiger partial charge in [-0.3, -0.25) is 4.90 Å². The molecule has 2 fully saturated rings. The molecule has 1 aliphatic carbocycles. The molecule has 0 atom stereocenters. The smallest absolute Gasteiger partial charge is 0.415 e. The fraction of sp³-hybridized carbons (Fsp3) is 0.364. The van der Waals surface area contributed by atoms with Gasteiger partial charge in [0, 0.05) is 18.8 Å². The van der Waals surface area contributed by atoms with Gasteiger partial charge in [0.15, 0.2) is 0 Å². The standard InChI is InChI=1S/C22H23FN6O2/c23-18-3-1-2-4-19(18)29-12-8-20(27-29)24-13-16-5-9-22(10-6-16)15-28(21(30)31-22)17-7-11-25-26-14-17/h1-4,7-8,11-12,14,16H,5-6,9-10,13,15H2,(H,24,27)/t16-,22-. The quantitative estimate of drug-likeness (QED) is 0.673. The highest BCUT2D eigenvalue weighted by molar-refractivity contribution is 5.90. The van der Waals surface area contributed by atoms with Gasteiger partial charge in [0.05, 0.1) is 24.6 Å². The molecule has 0 unspecified atom stereocenters. The summed E-state index contributed by atoms with van der Waals surface area (Å²) >= 11 is 0. The van der Waals surface area contributed by atoms with E-state index in [4.69, 9.17) is 4.74 Å². The highest BCUT2D eigenvalue weighted by Gasteiger charge is 2.47. The van der Waals surface area contributed by atoms with E-state index in [1.807, 2.05) is 6.07 Å². The van der Waals surface area contributed by atoms with Crippen molar-refractivity contribution in [1.82, 2.24) is 20.0 Å². The monoisotopic (exact) mass is 422 g/mol. The Kier molecular flexibility index (Phi) is 5.01. The second-order valence-electron chi connectivity index (χ2n) is 8.16. The van der Waals surface area contributed by atoms with Crippen LogP contribution in [0.5, 0.6) is 0 Å². The molecule has 3 aromatic rings. The third-order valence-electron chi connectivity index (χ3n) is 6.13. The van der Waals surface area contributed by atoms with Gasteiger partial charge in [-0.2, -0.15) is 15.3 Å². The van der Waals surface area contributed by atoms with Crippen molar-refractivity contribution in [3.8, 4) is 5.69 Å². The minimum absolute atomic E-state index is 0.308. The van der Waals surface area contributed by atoms with E-state index in [0.717, 1.165) is 32.2 Å². The fourth-order valence-corrected chi connectivity index (χ4v) is 4.37. The normalized spacial score (nSPS) is 23.2. The molecule has 8 nitrogen and oxygen atoms in total. The number of aromatic nitrogens is 4. The van der Waals surface area contributed by atoms with Gasteiger partial charge >= 0.3 is 6.09 Å². The molecule has 1 aromatic carbocycles. The van der Waals surface area contributed by atoms with Crippen molar-refractivity contribution in [2.45, 2.75) is 31.3 Å². The number of ether oxygens (including phenoxy) is 1. The second-order valence-corrected chi connectivity index (χ2v) is 8.16. The number of benzene rings is 1. The summed E-state index contributed by atoms with van der Waals surface area (Å²) in [4.78, 5) is 14.0. The molecule has 2 aromatic heterocycles. The van der Waals surface area contributed by atoms with Crippen LogP contribution in [0.1, 0.15) is 25.7 Å². The number of hydrogen-bond donors (Lipinski definition) is 1. The van der Waals surface area contributed by atoms with Crippen LogP contribution in [0.25, 0.3) is 5.69 Å². The Labute approximate surface area is 179 Å². The molecule has 5 rings (SSSR count). The minimum Gasteiger partial charge on any atom is -0.441 e. The predicted molar refractivity (Wildman–Crippen MR) is 113 cm³/mol. The lowest BCUT2D eigenvalue weighted by molar-refractivity contribution is 0.0148. The SMILES string of the molecule is O=C1O[C@]2(CC[C@H](CNc3ccn(-c4ccccc4F)n3)CC2)CN1c1ccnnc1. The van der Waals surface area contributed by atoms with Crippen LogP contribution in [0.4, 0.5) is 20.7 Å². The molecular formula is C22H23FN6O2. The summed E-state index contributed by atoms with van der Waals surface area (Å²) in [6, 6.07) is 10.2. The largest absolute Gasteiger partial charge is 0.441 e. The average molecular weight is 422 g/mol. The van der Waals surface area contributed by atoms with Gasteiger partial charge in [0.1, 0.15) is 22.9 Å². The average Bonchev–Trinajstić information content (AvgIpc) is 3.39. The summed E-state index contributed by atoms with van der Waals surface area (Å²) in [7, 11) is 0. The van der Waals surface area contributed by atoms with Crippen molar-refractivity contribution < 1.29 is 13.9 Å². The first kappa shape index (κ1) is 19.5. The van der Waals surface area contributed by atoms with E-state index in [1.165, 1.54) is 10.7 Å². The third-order valence-corrected chi connectivity index (χ3v) is 6.13. The Morgan fingerprint density at radius 3 is 2.77 bits per heavy atom. The molecule has 1 spiro atoms. The molecule has 9 heteroatoms. The van der Waals surface area contributed by atoms with Gasteiger partial charge in [0.2, 0.25) is 0 Å². The number of nitrogens with one attached hydrogen (secondary N) is 1. The van der Waals surface area contributed by atoms with E-state index >= 15 is 0 Å². The highest BCUT2D eigenvalue weighted by Crippen LogP contribution is 2.40. The first-order chi connectivity index (χ1) is 15.1. The zero-order chi connectivity index (χ0) is 21.3. The first-order valence-corrected chi connectivity index (χ1v) is 10.4. The van der Waals surface area contributed by atoms with Gasteiger partial charge in [-0.1, -0.05) is 12.1 Å². The zero-order valence-corrected chi connectivity index (χ0v) is 16.9. The Hall–Kier alpha value is -3.49. The van der Waals surface area contributed by atoms with Crippen LogP contribution < -0.4 is 10.2 Å². The fourth-order valence-electron chi connectivity index (χ4n) is 4.37. The van der Waals surface area contributed by atoms with E-state index < -0.39 is 5.60 Å². The van der Waals surface area contributed by atoms with Crippen molar-refractivity contribution >= 4 is 17.6 Å². The third kappa shape index (κ3) is 3.95. The summed E-state index contributed by atoms with van der Waals surface area (Å²) in [5, 5.41) is 15.4. The molecule has 2 aliphatic rings. The number of nitrogens with zero attached hydrogens (tertiary/aromatic N) is 5. The van der Waals surface area contributed by atoms with Crippen molar-refractivity contribution in [3.05, 3.63) is 60.8 Å². The van der Waals surface area contributed by atoms with Crippen LogP contribution >= 0.6 is 0 Å². The summed E-state index contributed by atoms with van der Waals surface area (Å²) in [5.74, 6) is 0.865. The van der Waals surface area contributed by atoms with Crippen molar-refractivity contribution in [1.29, 1.82) is 0 Å². The molecule has 1 N–H and O–H groups in total.